The fourth-order valence-electron chi connectivity index (χ4n) is 3.88. The topological polar surface area (TPSA) is 108 Å². The van der Waals surface area contributed by atoms with Crippen LogP contribution < -0.4 is 9.47 Å². The Morgan fingerprint density at radius 2 is 1.88 bits per heavy atom. The first-order valence-corrected chi connectivity index (χ1v) is 10.5. The van der Waals surface area contributed by atoms with Crippen LogP contribution in [-0.4, -0.2) is 43.3 Å². The minimum atomic E-state index is -0.554. The number of aromatic nitrogens is 6. The lowest BCUT2D eigenvalue weighted by atomic mass is 9.98. The van der Waals surface area contributed by atoms with Crippen molar-refractivity contribution in [2.24, 2.45) is 0 Å². The van der Waals surface area contributed by atoms with E-state index in [2.05, 4.69) is 25.6 Å². The molecule has 0 aliphatic heterocycles. The fourth-order valence-corrected chi connectivity index (χ4v) is 3.88. The van der Waals surface area contributed by atoms with Crippen LogP contribution in [0.3, 0.4) is 0 Å². The Hall–Kier alpha value is -4.60. The number of nitrogens with one attached hydrogen (secondary N) is 1. The Morgan fingerprint density at radius 1 is 1.09 bits per heavy atom. The predicted molar refractivity (Wildman–Crippen MR) is 122 cm³/mol. The first-order valence-electron chi connectivity index (χ1n) is 10.5. The van der Waals surface area contributed by atoms with Crippen LogP contribution in [0, 0.1) is 5.82 Å². The molecule has 1 N–H and O–H groups in total. The Labute approximate surface area is 193 Å². The van der Waals surface area contributed by atoms with Crippen LogP contribution in [0.2, 0.25) is 0 Å². The van der Waals surface area contributed by atoms with Crippen molar-refractivity contribution in [3.63, 3.8) is 0 Å². The van der Waals surface area contributed by atoms with E-state index >= 15 is 0 Å². The van der Waals surface area contributed by atoms with E-state index in [1.54, 1.807) is 4.57 Å². The van der Waals surface area contributed by atoms with E-state index in [1.807, 2.05) is 55.5 Å². The van der Waals surface area contributed by atoms with E-state index in [0.29, 0.717) is 36.0 Å². The molecule has 10 heteroatoms. The number of carbonyl (C=O) groups excluding carboxylic acids is 1. The summed E-state index contributed by atoms with van der Waals surface area (Å²) in [6.45, 7) is 2.85. The normalized spacial score (nSPS) is 11.0. The first kappa shape index (κ1) is 21.3. The van der Waals surface area contributed by atoms with Gasteiger partial charge in [0.25, 0.3) is 12.5 Å². The minimum Gasteiger partial charge on any atom is -0.465 e. The maximum Gasteiger partial charge on any atom is 0.298 e. The molecule has 0 amide bonds. The lowest BCUT2D eigenvalue weighted by Crippen LogP contribution is -2.06. The standard InChI is InChI=1S/C24H19FN6O3/c1-2-33-24-26-20-11-17(25)12-21(34-14-32)22(20)31(24)13-15-7-9-16(10-8-15)18-5-3-4-6-19(18)23-27-29-30-28-23/h3-12,14H,2,13H2,1H3,(H,27,28,29,30). The molecule has 34 heavy (non-hydrogen) atoms. The van der Waals surface area contributed by atoms with Gasteiger partial charge >= 0.3 is 0 Å². The highest BCUT2D eigenvalue weighted by atomic mass is 19.1. The number of hydrogen-bond donors (Lipinski definition) is 1. The van der Waals surface area contributed by atoms with Gasteiger partial charge in [0.2, 0.25) is 5.82 Å². The Kier molecular flexibility index (Phi) is 5.69. The number of aromatic amines is 1. The second-order valence-electron chi connectivity index (χ2n) is 7.38. The summed E-state index contributed by atoms with van der Waals surface area (Å²) >= 11 is 0. The number of tetrazole rings is 1. The number of ether oxygens (including phenoxy) is 2. The molecule has 0 atom stereocenters. The van der Waals surface area contributed by atoms with Gasteiger partial charge in [-0.1, -0.05) is 48.5 Å². The number of halogens is 1. The summed E-state index contributed by atoms with van der Waals surface area (Å²) in [5.41, 5.74) is 4.57. The third-order valence-corrected chi connectivity index (χ3v) is 5.30. The number of benzene rings is 3. The molecule has 0 radical (unpaired) electrons. The number of carbonyl (C=O) groups is 1. The molecule has 0 aliphatic carbocycles. The minimum absolute atomic E-state index is 0.0779. The highest BCUT2D eigenvalue weighted by Crippen LogP contribution is 2.33. The lowest BCUT2D eigenvalue weighted by molar-refractivity contribution is -0.120. The third-order valence-electron chi connectivity index (χ3n) is 5.30. The van der Waals surface area contributed by atoms with Gasteiger partial charge in [-0.15, -0.1) is 10.2 Å². The number of nitrogens with zero attached hydrogens (tertiary/aromatic N) is 5. The van der Waals surface area contributed by atoms with Gasteiger partial charge in [0.15, 0.2) is 5.75 Å². The molecular formula is C24H19FN6O3. The van der Waals surface area contributed by atoms with Gasteiger partial charge in [-0.05, 0) is 28.8 Å². The number of hydrogen-bond acceptors (Lipinski definition) is 7. The number of imidazole rings is 1. The summed E-state index contributed by atoms with van der Waals surface area (Å²) < 4.78 is 26.5. The van der Waals surface area contributed by atoms with E-state index in [-0.39, 0.29) is 12.2 Å². The SMILES string of the molecule is CCOc1nc2cc(F)cc(OC=O)c2n1Cc1ccc(-c2ccccc2-c2nn[nH]n2)cc1. The van der Waals surface area contributed by atoms with Crippen LogP contribution in [0.25, 0.3) is 33.5 Å². The molecule has 170 valence electrons. The zero-order valence-corrected chi connectivity index (χ0v) is 18.1. The molecule has 5 rings (SSSR count). The van der Waals surface area contributed by atoms with Crippen LogP contribution >= 0.6 is 0 Å². The van der Waals surface area contributed by atoms with E-state index in [1.165, 1.54) is 6.07 Å². The van der Waals surface area contributed by atoms with Crippen LogP contribution in [0.15, 0.2) is 60.7 Å². The number of rotatable bonds is 8. The van der Waals surface area contributed by atoms with Crippen molar-refractivity contribution in [1.29, 1.82) is 0 Å². The molecule has 0 saturated carbocycles. The maximum atomic E-state index is 14.0. The molecule has 0 saturated heterocycles. The van der Waals surface area contributed by atoms with Crippen molar-refractivity contribution >= 4 is 17.5 Å². The number of fused-ring (bicyclic) bond motifs is 1. The molecule has 3 aromatic carbocycles. The van der Waals surface area contributed by atoms with Crippen LogP contribution in [0.1, 0.15) is 12.5 Å². The van der Waals surface area contributed by atoms with Gasteiger partial charge in [0, 0.05) is 17.7 Å². The Morgan fingerprint density at radius 3 is 2.59 bits per heavy atom. The van der Waals surface area contributed by atoms with E-state index in [4.69, 9.17) is 9.47 Å². The summed E-state index contributed by atoms with van der Waals surface area (Å²) in [4.78, 5) is 15.4. The molecule has 0 unspecified atom stereocenters. The molecule has 2 heterocycles. The lowest BCUT2D eigenvalue weighted by Gasteiger charge is -2.12. The van der Waals surface area contributed by atoms with Gasteiger partial charge in [0.05, 0.1) is 18.7 Å². The van der Waals surface area contributed by atoms with Crippen molar-refractivity contribution in [2.75, 3.05) is 6.61 Å². The molecule has 2 aromatic heterocycles. The van der Waals surface area contributed by atoms with Gasteiger partial charge in [-0.25, -0.2) is 4.39 Å². The van der Waals surface area contributed by atoms with Crippen molar-refractivity contribution in [2.45, 2.75) is 13.5 Å². The van der Waals surface area contributed by atoms with Crippen molar-refractivity contribution in [1.82, 2.24) is 30.2 Å². The van der Waals surface area contributed by atoms with Crippen LogP contribution in [-0.2, 0) is 11.3 Å². The van der Waals surface area contributed by atoms with Crippen LogP contribution in [0.5, 0.6) is 11.8 Å². The molecule has 0 bridgehead atoms. The molecule has 0 spiro atoms. The second kappa shape index (κ2) is 9.10. The highest BCUT2D eigenvalue weighted by molar-refractivity contribution is 5.85. The van der Waals surface area contributed by atoms with Crippen molar-refractivity contribution in [3.8, 4) is 34.3 Å². The largest absolute Gasteiger partial charge is 0.465 e. The van der Waals surface area contributed by atoms with Gasteiger partial charge in [-0.3, -0.25) is 9.36 Å². The monoisotopic (exact) mass is 458 g/mol. The Bertz CT molecular complexity index is 1450. The second-order valence-corrected chi connectivity index (χ2v) is 7.38. The smallest absolute Gasteiger partial charge is 0.298 e. The van der Waals surface area contributed by atoms with Crippen LogP contribution in [0.4, 0.5) is 4.39 Å². The molecule has 0 fully saturated rings. The highest BCUT2D eigenvalue weighted by Gasteiger charge is 2.19. The average Bonchev–Trinajstić information content (AvgIpc) is 3.49. The summed E-state index contributed by atoms with van der Waals surface area (Å²) in [5.74, 6) is 0.0386. The zero-order chi connectivity index (χ0) is 23.5. The fraction of sp³-hybridized carbons (Fsp3) is 0.125. The van der Waals surface area contributed by atoms with Crippen molar-refractivity contribution in [3.05, 3.63) is 72.0 Å². The molecule has 9 nitrogen and oxygen atoms in total. The Balaban J connectivity index is 1.52. The molecule has 0 aliphatic rings. The number of H-pyrrole nitrogens is 1. The first-order chi connectivity index (χ1) is 16.7. The van der Waals surface area contributed by atoms with E-state index in [9.17, 15) is 9.18 Å². The van der Waals surface area contributed by atoms with E-state index < -0.39 is 5.82 Å². The predicted octanol–water partition coefficient (Wildman–Crippen LogP) is 4.00. The van der Waals surface area contributed by atoms with Gasteiger partial charge in [-0.2, -0.15) is 10.2 Å². The summed E-state index contributed by atoms with van der Waals surface area (Å²) in [6, 6.07) is 18.5. The van der Waals surface area contributed by atoms with Crippen molar-refractivity contribution < 1.29 is 18.7 Å². The quantitative estimate of drug-likeness (QED) is 0.350. The van der Waals surface area contributed by atoms with Gasteiger partial charge in [0.1, 0.15) is 11.3 Å². The summed E-state index contributed by atoms with van der Waals surface area (Å²) in [7, 11) is 0. The third kappa shape index (κ3) is 3.96. The average molecular weight is 458 g/mol. The van der Waals surface area contributed by atoms with Gasteiger partial charge < -0.3 is 9.47 Å². The summed E-state index contributed by atoms with van der Waals surface area (Å²) in [5, 5.41) is 14.3. The molecule has 5 aromatic rings. The zero-order valence-electron chi connectivity index (χ0n) is 18.1. The van der Waals surface area contributed by atoms with E-state index in [0.717, 1.165) is 28.3 Å². The molecular weight excluding hydrogens is 439 g/mol. The maximum absolute atomic E-state index is 14.0. The summed E-state index contributed by atoms with van der Waals surface area (Å²) in [6.07, 6.45) is 0.